The Bertz CT molecular complexity index is 700. The van der Waals surface area contributed by atoms with Gasteiger partial charge in [0.2, 0.25) is 0 Å². The molecule has 3 N–H and O–H groups in total. The lowest BCUT2D eigenvalue weighted by atomic mass is 10.2. The summed E-state index contributed by atoms with van der Waals surface area (Å²) in [5.74, 6) is -0.413. The highest BCUT2D eigenvalue weighted by Crippen LogP contribution is 2.29. The largest absolute Gasteiger partial charge is 0.393 e. The molecule has 1 aromatic carbocycles. The van der Waals surface area contributed by atoms with Gasteiger partial charge in [0, 0.05) is 32.2 Å². The van der Waals surface area contributed by atoms with Crippen molar-refractivity contribution >= 4 is 23.0 Å². The molecule has 6 nitrogen and oxygen atoms in total. The Kier molecular flexibility index (Phi) is 4.24. The van der Waals surface area contributed by atoms with Crippen molar-refractivity contribution in [3.63, 3.8) is 0 Å². The number of hydrogen-bond donors (Lipinski definition) is 2. The van der Waals surface area contributed by atoms with Gasteiger partial charge in [-0.25, -0.2) is 18.7 Å². The highest BCUT2D eigenvalue weighted by molar-refractivity contribution is 5.78. The van der Waals surface area contributed by atoms with E-state index in [4.69, 9.17) is 5.73 Å². The molecule has 1 fully saturated rings. The van der Waals surface area contributed by atoms with Crippen LogP contribution >= 0.6 is 0 Å². The van der Waals surface area contributed by atoms with Gasteiger partial charge in [-0.1, -0.05) is 0 Å². The summed E-state index contributed by atoms with van der Waals surface area (Å²) in [6.07, 6.45) is 1.38. The number of piperazine rings is 1. The molecule has 0 saturated carbocycles. The molecule has 0 atom stereocenters. The Morgan fingerprint density at radius 2 is 1.87 bits per heavy atom. The van der Waals surface area contributed by atoms with Gasteiger partial charge in [-0.2, -0.15) is 0 Å². The van der Waals surface area contributed by atoms with E-state index in [0.717, 1.165) is 32.2 Å². The summed E-state index contributed by atoms with van der Waals surface area (Å²) in [5.41, 5.74) is 6.60. The molecule has 1 aromatic heterocycles. The van der Waals surface area contributed by atoms with Crippen LogP contribution in [0.15, 0.2) is 24.5 Å². The quantitative estimate of drug-likeness (QED) is 0.899. The van der Waals surface area contributed by atoms with Gasteiger partial charge >= 0.3 is 0 Å². The lowest BCUT2D eigenvalue weighted by Gasteiger charge is -2.33. The Balaban J connectivity index is 1.85. The molecule has 1 aliphatic rings. The van der Waals surface area contributed by atoms with E-state index >= 15 is 0 Å². The van der Waals surface area contributed by atoms with Crippen LogP contribution in [0.3, 0.4) is 0 Å². The molecule has 23 heavy (non-hydrogen) atoms. The fraction of sp³-hybridized carbons (Fsp3) is 0.333. The first-order chi connectivity index (χ1) is 11.0. The predicted molar refractivity (Wildman–Crippen MR) is 85.8 cm³/mol. The Hall–Kier alpha value is -2.48. The highest BCUT2D eigenvalue weighted by Gasteiger charge is 2.19. The molecular formula is C15H18F2N6. The van der Waals surface area contributed by atoms with Crippen LogP contribution in [0.25, 0.3) is 0 Å². The van der Waals surface area contributed by atoms with Crippen molar-refractivity contribution < 1.29 is 8.78 Å². The van der Waals surface area contributed by atoms with Crippen molar-refractivity contribution in [3.05, 3.63) is 36.2 Å². The molecule has 0 radical (unpaired) electrons. The third kappa shape index (κ3) is 3.31. The van der Waals surface area contributed by atoms with E-state index < -0.39 is 11.6 Å². The van der Waals surface area contributed by atoms with Crippen LogP contribution in [-0.4, -0.2) is 48.1 Å². The third-order valence-electron chi connectivity index (χ3n) is 3.85. The van der Waals surface area contributed by atoms with Crippen LogP contribution in [-0.2, 0) is 0 Å². The van der Waals surface area contributed by atoms with Crippen molar-refractivity contribution in [2.75, 3.05) is 49.2 Å². The minimum Gasteiger partial charge on any atom is -0.393 e. The number of nitrogens with one attached hydrogen (secondary N) is 1. The summed E-state index contributed by atoms with van der Waals surface area (Å²) in [6, 6.07) is 3.28. The van der Waals surface area contributed by atoms with E-state index in [0.29, 0.717) is 17.3 Å². The van der Waals surface area contributed by atoms with Gasteiger partial charge in [0.25, 0.3) is 0 Å². The summed E-state index contributed by atoms with van der Waals surface area (Å²) in [7, 11) is 2.06. The number of rotatable bonds is 3. The van der Waals surface area contributed by atoms with Crippen molar-refractivity contribution in [1.82, 2.24) is 14.9 Å². The van der Waals surface area contributed by atoms with Crippen molar-refractivity contribution in [2.24, 2.45) is 0 Å². The standard InChI is InChI=1S/C15H18F2N6/c1-22-4-6-23(7-5-22)15-13(18)14(19-9-20-15)21-12-3-2-10(16)8-11(12)17/h2-3,8-9H,4-7,18H2,1H3,(H,19,20,21). The van der Waals surface area contributed by atoms with Crippen LogP contribution in [0.5, 0.6) is 0 Å². The number of nitrogen functional groups attached to an aromatic ring is 1. The van der Waals surface area contributed by atoms with Crippen molar-refractivity contribution in [3.8, 4) is 0 Å². The number of aromatic nitrogens is 2. The lowest BCUT2D eigenvalue weighted by molar-refractivity contribution is 0.312. The molecule has 8 heteroatoms. The van der Waals surface area contributed by atoms with E-state index in [1.54, 1.807) is 0 Å². The molecule has 0 aliphatic carbocycles. The molecule has 1 aliphatic heterocycles. The average molecular weight is 320 g/mol. The first-order valence-corrected chi connectivity index (χ1v) is 7.30. The minimum atomic E-state index is -0.704. The van der Waals surface area contributed by atoms with Gasteiger partial charge in [0.05, 0.1) is 5.69 Å². The predicted octanol–water partition coefficient (Wildman–Crippen LogP) is 1.83. The fourth-order valence-corrected chi connectivity index (χ4v) is 2.47. The van der Waals surface area contributed by atoms with E-state index in [2.05, 4.69) is 32.1 Å². The van der Waals surface area contributed by atoms with Gasteiger partial charge in [-0.15, -0.1) is 0 Å². The van der Waals surface area contributed by atoms with Crippen molar-refractivity contribution in [1.29, 1.82) is 0 Å². The molecule has 1 saturated heterocycles. The first kappa shape index (κ1) is 15.4. The maximum atomic E-state index is 13.8. The molecule has 122 valence electrons. The fourth-order valence-electron chi connectivity index (χ4n) is 2.47. The number of hydrogen-bond acceptors (Lipinski definition) is 6. The maximum Gasteiger partial charge on any atom is 0.159 e. The zero-order chi connectivity index (χ0) is 16.4. The van der Waals surface area contributed by atoms with Crippen LogP contribution in [0.2, 0.25) is 0 Å². The van der Waals surface area contributed by atoms with Gasteiger partial charge in [0.1, 0.15) is 23.6 Å². The van der Waals surface area contributed by atoms with Crippen molar-refractivity contribution in [2.45, 2.75) is 0 Å². The zero-order valence-electron chi connectivity index (χ0n) is 12.8. The second kappa shape index (κ2) is 6.33. The summed E-state index contributed by atoms with van der Waals surface area (Å²) >= 11 is 0. The molecule has 0 unspecified atom stereocenters. The molecule has 3 rings (SSSR count). The van der Waals surface area contributed by atoms with E-state index in [9.17, 15) is 8.78 Å². The minimum absolute atomic E-state index is 0.112. The van der Waals surface area contributed by atoms with Gasteiger partial charge in [-0.3, -0.25) is 0 Å². The van der Waals surface area contributed by atoms with Crippen LogP contribution in [0.4, 0.5) is 31.8 Å². The average Bonchev–Trinajstić information content (AvgIpc) is 2.53. The van der Waals surface area contributed by atoms with E-state index in [1.165, 1.54) is 18.5 Å². The second-order valence-electron chi connectivity index (χ2n) is 5.50. The monoisotopic (exact) mass is 320 g/mol. The Morgan fingerprint density at radius 3 is 2.57 bits per heavy atom. The van der Waals surface area contributed by atoms with Gasteiger partial charge < -0.3 is 20.9 Å². The summed E-state index contributed by atoms with van der Waals surface area (Å²) in [6.45, 7) is 3.45. The normalized spacial score (nSPS) is 15.7. The molecule has 2 aromatic rings. The first-order valence-electron chi connectivity index (χ1n) is 7.30. The third-order valence-corrected chi connectivity index (χ3v) is 3.85. The number of nitrogens with zero attached hydrogens (tertiary/aromatic N) is 4. The van der Waals surface area contributed by atoms with E-state index in [1.807, 2.05) is 0 Å². The lowest BCUT2D eigenvalue weighted by Crippen LogP contribution is -2.45. The Labute approximate surface area is 132 Å². The topological polar surface area (TPSA) is 70.3 Å². The summed E-state index contributed by atoms with van der Waals surface area (Å²) < 4.78 is 26.7. The number of nitrogens with two attached hydrogens (primary N) is 1. The molecular weight excluding hydrogens is 302 g/mol. The van der Waals surface area contributed by atoms with Crippen LogP contribution < -0.4 is 16.0 Å². The SMILES string of the molecule is CN1CCN(c2ncnc(Nc3ccc(F)cc3F)c2N)CC1. The molecule has 0 bridgehead atoms. The second-order valence-corrected chi connectivity index (χ2v) is 5.50. The molecule has 2 heterocycles. The number of anilines is 4. The number of halogens is 2. The molecule has 0 spiro atoms. The maximum absolute atomic E-state index is 13.8. The van der Waals surface area contributed by atoms with Gasteiger partial charge in [-0.05, 0) is 19.2 Å². The number of likely N-dealkylation sites (N-methyl/N-ethyl adjacent to an activating group) is 1. The highest BCUT2D eigenvalue weighted by atomic mass is 19.1. The van der Waals surface area contributed by atoms with Crippen LogP contribution in [0, 0.1) is 11.6 Å². The molecule has 0 amide bonds. The van der Waals surface area contributed by atoms with Crippen LogP contribution in [0.1, 0.15) is 0 Å². The smallest absolute Gasteiger partial charge is 0.159 e. The number of benzene rings is 1. The van der Waals surface area contributed by atoms with E-state index in [-0.39, 0.29) is 5.69 Å². The summed E-state index contributed by atoms with van der Waals surface area (Å²) in [4.78, 5) is 12.6. The Morgan fingerprint density at radius 1 is 1.13 bits per heavy atom. The van der Waals surface area contributed by atoms with Gasteiger partial charge in [0.15, 0.2) is 11.6 Å². The summed E-state index contributed by atoms with van der Waals surface area (Å²) in [5, 5.41) is 2.80. The zero-order valence-corrected chi connectivity index (χ0v) is 12.8.